The molecule has 4 rings (SSSR count). The predicted molar refractivity (Wildman–Crippen MR) is 124 cm³/mol. The fourth-order valence-corrected chi connectivity index (χ4v) is 4.41. The Morgan fingerprint density at radius 2 is 1.56 bits per heavy atom. The van der Waals surface area contributed by atoms with Crippen molar-refractivity contribution in [2.45, 2.75) is 45.8 Å². The molecule has 2 heterocycles. The number of piperidine rings is 1. The van der Waals surface area contributed by atoms with Crippen molar-refractivity contribution >= 4 is 17.5 Å². The van der Waals surface area contributed by atoms with Gasteiger partial charge in [0.05, 0.1) is 17.8 Å². The molecular weight excluding hydrogens is 427 g/mol. The summed E-state index contributed by atoms with van der Waals surface area (Å²) in [5, 5.41) is 7.62. The second-order valence-corrected chi connectivity index (χ2v) is 8.73. The Balaban J connectivity index is 1.35. The summed E-state index contributed by atoms with van der Waals surface area (Å²) in [5.41, 5.74) is 4.12. The van der Waals surface area contributed by atoms with E-state index in [1.807, 2.05) is 0 Å². The van der Waals surface area contributed by atoms with Crippen molar-refractivity contribution in [1.82, 2.24) is 20.0 Å². The topological polar surface area (TPSA) is 50.2 Å². The molecule has 1 N–H and O–H groups in total. The zero-order chi connectivity index (χ0) is 22.5. The molecule has 0 unspecified atom stereocenters. The maximum absolute atomic E-state index is 13.1. The number of likely N-dealkylation sites (tertiary alicyclic amines) is 1. The summed E-state index contributed by atoms with van der Waals surface area (Å²) in [4.78, 5) is 15.3. The molecular formula is C25H28ClFN4O. The van der Waals surface area contributed by atoms with E-state index in [0.29, 0.717) is 24.3 Å². The van der Waals surface area contributed by atoms with Crippen LogP contribution in [0.2, 0.25) is 5.15 Å². The number of carbonyl (C=O) groups excluding carboxylic acids is 1. The molecule has 1 fully saturated rings. The van der Waals surface area contributed by atoms with Gasteiger partial charge in [0.2, 0.25) is 0 Å². The van der Waals surface area contributed by atoms with Gasteiger partial charge in [-0.25, -0.2) is 9.07 Å². The van der Waals surface area contributed by atoms with Crippen molar-refractivity contribution in [3.05, 3.63) is 87.4 Å². The van der Waals surface area contributed by atoms with Crippen LogP contribution in [-0.2, 0) is 19.6 Å². The lowest BCUT2D eigenvalue weighted by Crippen LogP contribution is -2.29. The average Bonchev–Trinajstić information content (AvgIpc) is 3.08. The van der Waals surface area contributed by atoms with Crippen LogP contribution in [-0.4, -0.2) is 33.7 Å². The van der Waals surface area contributed by atoms with Crippen molar-refractivity contribution < 1.29 is 9.18 Å². The molecule has 5 nitrogen and oxygen atoms in total. The van der Waals surface area contributed by atoms with Crippen LogP contribution < -0.4 is 5.32 Å². The van der Waals surface area contributed by atoms with E-state index >= 15 is 0 Å². The molecule has 7 heteroatoms. The summed E-state index contributed by atoms with van der Waals surface area (Å²) in [7, 11) is 0. The smallest absolute Gasteiger partial charge is 0.256 e. The number of amides is 1. The largest absolute Gasteiger partial charge is 0.348 e. The lowest BCUT2D eigenvalue weighted by molar-refractivity contribution is 0.0950. The second-order valence-electron chi connectivity index (χ2n) is 8.37. The van der Waals surface area contributed by atoms with Gasteiger partial charge in [0.15, 0.2) is 0 Å². The number of hydrogen-bond donors (Lipinski definition) is 1. The van der Waals surface area contributed by atoms with Crippen LogP contribution in [0, 0.1) is 12.7 Å². The lowest BCUT2D eigenvalue weighted by atomic mass is 10.1. The summed E-state index contributed by atoms with van der Waals surface area (Å²) in [5.74, 6) is -0.550. The van der Waals surface area contributed by atoms with Crippen molar-refractivity contribution in [3.63, 3.8) is 0 Å². The standard InChI is InChI=1S/C25H28ClFN4O/c1-18-23(24(26)31(29-18)17-21-9-11-22(27)12-10-21)25(32)28-15-19-5-7-20(8-6-19)16-30-13-3-2-4-14-30/h5-12H,2-4,13-17H2,1H3,(H,28,32). The van der Waals surface area contributed by atoms with Crippen molar-refractivity contribution in [2.75, 3.05) is 13.1 Å². The van der Waals surface area contributed by atoms with Crippen molar-refractivity contribution in [3.8, 4) is 0 Å². The first-order valence-corrected chi connectivity index (χ1v) is 11.4. The van der Waals surface area contributed by atoms with E-state index < -0.39 is 0 Å². The molecule has 0 atom stereocenters. The minimum atomic E-state index is -0.295. The maximum atomic E-state index is 13.1. The molecule has 0 radical (unpaired) electrons. The highest BCUT2D eigenvalue weighted by atomic mass is 35.5. The Morgan fingerprint density at radius 3 is 2.25 bits per heavy atom. The SMILES string of the molecule is Cc1nn(Cc2ccc(F)cc2)c(Cl)c1C(=O)NCc1ccc(CN2CCCCC2)cc1. The van der Waals surface area contributed by atoms with Crippen LogP contribution in [0.15, 0.2) is 48.5 Å². The normalized spacial score (nSPS) is 14.5. The van der Waals surface area contributed by atoms with Crippen LogP contribution in [0.5, 0.6) is 0 Å². The third-order valence-corrected chi connectivity index (χ3v) is 6.25. The number of hydrogen-bond acceptors (Lipinski definition) is 3. The summed E-state index contributed by atoms with van der Waals surface area (Å²) >= 11 is 6.46. The molecule has 1 aliphatic rings. The van der Waals surface area contributed by atoms with Crippen molar-refractivity contribution in [2.24, 2.45) is 0 Å². The van der Waals surface area contributed by atoms with Gasteiger partial charge >= 0.3 is 0 Å². The molecule has 1 saturated heterocycles. The van der Waals surface area contributed by atoms with E-state index in [9.17, 15) is 9.18 Å². The average molecular weight is 455 g/mol. The number of halogens is 2. The van der Waals surface area contributed by atoms with Crippen molar-refractivity contribution in [1.29, 1.82) is 0 Å². The molecule has 3 aromatic rings. The monoisotopic (exact) mass is 454 g/mol. The van der Waals surface area contributed by atoms with Crippen LogP contribution in [0.1, 0.15) is 52.0 Å². The molecule has 2 aromatic carbocycles. The number of benzene rings is 2. The quantitative estimate of drug-likeness (QED) is 0.549. The Kier molecular flexibility index (Phi) is 7.22. The van der Waals surface area contributed by atoms with Crippen LogP contribution >= 0.6 is 11.6 Å². The fraction of sp³-hybridized carbons (Fsp3) is 0.360. The number of carbonyl (C=O) groups is 1. The highest BCUT2D eigenvalue weighted by Crippen LogP contribution is 2.21. The first kappa shape index (κ1) is 22.5. The molecule has 0 spiro atoms. The Labute approximate surface area is 193 Å². The number of nitrogens with zero attached hydrogens (tertiary/aromatic N) is 3. The highest BCUT2D eigenvalue weighted by molar-refractivity contribution is 6.33. The predicted octanol–water partition coefficient (Wildman–Crippen LogP) is 4.95. The van der Waals surface area contributed by atoms with E-state index in [0.717, 1.165) is 17.7 Å². The third-order valence-electron chi connectivity index (χ3n) is 5.87. The van der Waals surface area contributed by atoms with Gasteiger partial charge in [-0.15, -0.1) is 0 Å². The van der Waals surface area contributed by atoms with Gasteiger partial charge < -0.3 is 5.32 Å². The van der Waals surface area contributed by atoms with E-state index in [4.69, 9.17) is 11.6 Å². The number of aryl methyl sites for hydroxylation is 1. The van der Waals surface area contributed by atoms with E-state index in [1.165, 1.54) is 50.0 Å². The molecule has 32 heavy (non-hydrogen) atoms. The zero-order valence-electron chi connectivity index (χ0n) is 18.3. The second kappa shape index (κ2) is 10.3. The van der Waals surface area contributed by atoms with Gasteiger partial charge in [0.25, 0.3) is 5.91 Å². The lowest BCUT2D eigenvalue weighted by Gasteiger charge is -2.26. The molecule has 1 amide bonds. The van der Waals surface area contributed by atoms with Crippen LogP contribution in [0.25, 0.3) is 0 Å². The molecule has 0 bridgehead atoms. The Bertz CT molecular complexity index is 1060. The summed E-state index contributed by atoms with van der Waals surface area (Å²) in [6.45, 7) is 5.87. The first-order chi connectivity index (χ1) is 15.5. The Morgan fingerprint density at radius 1 is 0.969 bits per heavy atom. The van der Waals surface area contributed by atoms with Gasteiger partial charge in [-0.3, -0.25) is 9.69 Å². The van der Waals surface area contributed by atoms with Gasteiger partial charge in [0, 0.05) is 13.1 Å². The Hall–Kier alpha value is -2.70. The number of rotatable bonds is 7. The van der Waals surface area contributed by atoms with Crippen LogP contribution in [0.3, 0.4) is 0 Å². The van der Waals surface area contributed by atoms with Gasteiger partial charge in [-0.05, 0) is 61.7 Å². The third kappa shape index (κ3) is 5.56. The zero-order valence-corrected chi connectivity index (χ0v) is 19.0. The van der Waals surface area contributed by atoms with Gasteiger partial charge in [-0.1, -0.05) is 54.4 Å². The van der Waals surface area contributed by atoms with E-state index in [1.54, 1.807) is 23.7 Å². The summed E-state index contributed by atoms with van der Waals surface area (Å²) in [6.07, 6.45) is 3.91. The number of nitrogens with one attached hydrogen (secondary N) is 1. The summed E-state index contributed by atoms with van der Waals surface area (Å²) in [6, 6.07) is 14.5. The van der Waals surface area contributed by atoms with E-state index in [-0.39, 0.29) is 16.9 Å². The fourth-order valence-electron chi connectivity index (χ4n) is 4.09. The molecule has 0 saturated carbocycles. The highest BCUT2D eigenvalue weighted by Gasteiger charge is 2.20. The molecule has 1 aliphatic heterocycles. The maximum Gasteiger partial charge on any atom is 0.256 e. The van der Waals surface area contributed by atoms with E-state index in [2.05, 4.69) is 39.6 Å². The van der Waals surface area contributed by atoms with Gasteiger partial charge in [0.1, 0.15) is 11.0 Å². The van der Waals surface area contributed by atoms with Crippen LogP contribution in [0.4, 0.5) is 4.39 Å². The molecule has 1 aromatic heterocycles. The molecule has 0 aliphatic carbocycles. The summed E-state index contributed by atoms with van der Waals surface area (Å²) < 4.78 is 14.7. The minimum Gasteiger partial charge on any atom is -0.348 e. The first-order valence-electron chi connectivity index (χ1n) is 11.1. The minimum absolute atomic E-state index is 0.254. The molecule has 168 valence electrons. The number of aromatic nitrogens is 2. The van der Waals surface area contributed by atoms with Gasteiger partial charge in [-0.2, -0.15) is 5.10 Å².